The lowest BCUT2D eigenvalue weighted by Crippen LogP contribution is -2.49. The number of piperazine rings is 1. The quantitative estimate of drug-likeness (QED) is 0.711. The molecule has 1 aliphatic heterocycles. The topological polar surface area (TPSA) is 62.5 Å². The minimum absolute atomic E-state index is 0.0328. The third-order valence-electron chi connectivity index (χ3n) is 5.26. The van der Waals surface area contributed by atoms with Gasteiger partial charge in [-0.15, -0.1) is 0 Å². The van der Waals surface area contributed by atoms with E-state index in [1.165, 1.54) is 5.56 Å². The first-order valence-corrected chi connectivity index (χ1v) is 8.86. The maximum Gasteiger partial charge on any atom is 0.290 e. The van der Waals surface area contributed by atoms with Crippen molar-refractivity contribution in [1.29, 1.82) is 0 Å². The maximum absolute atomic E-state index is 13.0. The zero-order chi connectivity index (χ0) is 18.3. The number of carbonyl (C=O) groups is 1. The van der Waals surface area contributed by atoms with Crippen LogP contribution in [0.4, 0.5) is 5.82 Å². The number of benzene rings is 1. The molecule has 0 N–H and O–H groups in total. The smallest absolute Gasteiger partial charge is 0.290 e. The molecule has 6 heteroatoms. The van der Waals surface area contributed by atoms with Crippen molar-refractivity contribution in [3.63, 3.8) is 0 Å². The molecule has 1 aliphatic rings. The Morgan fingerprint density at radius 1 is 1.04 bits per heavy atom. The van der Waals surface area contributed by atoms with Crippen LogP contribution in [-0.2, 0) is 0 Å². The molecule has 26 heavy (non-hydrogen) atoms. The zero-order valence-electron chi connectivity index (χ0n) is 15.3. The number of carbonyl (C=O) groups excluding carboxylic acids is 1. The van der Waals surface area contributed by atoms with Crippen LogP contribution in [0.2, 0.25) is 0 Å². The molecule has 0 saturated carbocycles. The van der Waals surface area contributed by atoms with Crippen LogP contribution in [0.15, 0.2) is 35.1 Å². The Balaban J connectivity index is 1.55. The van der Waals surface area contributed by atoms with Gasteiger partial charge in [0.1, 0.15) is 11.4 Å². The normalized spacial score (nSPS) is 14.9. The summed E-state index contributed by atoms with van der Waals surface area (Å²) in [5.74, 6) is 1.28. The largest absolute Gasteiger partial charge is 0.450 e. The highest BCUT2D eigenvalue weighted by Crippen LogP contribution is 2.30. The first kappa shape index (κ1) is 16.6. The molecule has 1 aromatic carbocycles. The Labute approximate surface area is 152 Å². The minimum atomic E-state index is -0.0328. The summed E-state index contributed by atoms with van der Waals surface area (Å²) in [5, 5.41) is 1.02. The molecule has 6 nitrogen and oxygen atoms in total. The molecule has 1 fully saturated rings. The fourth-order valence-electron chi connectivity index (χ4n) is 3.46. The number of aromatic nitrogens is 2. The van der Waals surface area contributed by atoms with E-state index in [1.54, 1.807) is 18.6 Å². The van der Waals surface area contributed by atoms with Crippen molar-refractivity contribution in [2.45, 2.75) is 20.8 Å². The average Bonchev–Trinajstić information content (AvgIpc) is 3.02. The van der Waals surface area contributed by atoms with E-state index in [4.69, 9.17) is 4.42 Å². The summed E-state index contributed by atoms with van der Waals surface area (Å²) in [6.07, 6.45) is 5.11. The lowest BCUT2D eigenvalue weighted by Gasteiger charge is -2.34. The minimum Gasteiger partial charge on any atom is -0.450 e. The second-order valence-corrected chi connectivity index (χ2v) is 6.78. The van der Waals surface area contributed by atoms with E-state index in [0.717, 1.165) is 41.0 Å². The second kappa shape index (κ2) is 6.44. The summed E-state index contributed by atoms with van der Waals surface area (Å²) < 4.78 is 6.01. The number of furan rings is 1. The van der Waals surface area contributed by atoms with Crippen LogP contribution in [0.1, 0.15) is 27.2 Å². The molecule has 0 aliphatic carbocycles. The molecule has 0 atom stereocenters. The molecule has 4 rings (SSSR count). The van der Waals surface area contributed by atoms with Gasteiger partial charge >= 0.3 is 0 Å². The van der Waals surface area contributed by atoms with Crippen molar-refractivity contribution >= 4 is 22.7 Å². The highest BCUT2D eigenvalue weighted by molar-refractivity contribution is 5.99. The maximum atomic E-state index is 13.0. The van der Waals surface area contributed by atoms with Crippen LogP contribution < -0.4 is 4.90 Å². The molecule has 3 heterocycles. The highest BCUT2D eigenvalue weighted by Gasteiger charge is 2.27. The Hall–Kier alpha value is -2.89. The van der Waals surface area contributed by atoms with Crippen LogP contribution in [0.25, 0.3) is 11.0 Å². The van der Waals surface area contributed by atoms with Gasteiger partial charge < -0.3 is 14.2 Å². The SMILES string of the molecule is Cc1ccc2c(C)c(C(=O)N3CCN(c4cnccn4)CC3)oc2c1C. The first-order valence-electron chi connectivity index (χ1n) is 8.86. The van der Waals surface area contributed by atoms with E-state index in [2.05, 4.69) is 27.9 Å². The second-order valence-electron chi connectivity index (χ2n) is 6.78. The monoisotopic (exact) mass is 350 g/mol. The van der Waals surface area contributed by atoms with Crippen molar-refractivity contribution in [1.82, 2.24) is 14.9 Å². The molecular weight excluding hydrogens is 328 g/mol. The van der Waals surface area contributed by atoms with Crippen LogP contribution in [0.5, 0.6) is 0 Å². The molecule has 134 valence electrons. The Bertz CT molecular complexity index is 957. The van der Waals surface area contributed by atoms with E-state index in [0.29, 0.717) is 18.8 Å². The van der Waals surface area contributed by atoms with Gasteiger partial charge in [-0.25, -0.2) is 4.98 Å². The van der Waals surface area contributed by atoms with Gasteiger partial charge in [0.2, 0.25) is 0 Å². The van der Waals surface area contributed by atoms with Gasteiger partial charge in [-0.1, -0.05) is 12.1 Å². The number of anilines is 1. The molecule has 3 aromatic rings. The summed E-state index contributed by atoms with van der Waals surface area (Å²) in [6, 6.07) is 4.12. The molecule has 0 unspecified atom stereocenters. The van der Waals surface area contributed by atoms with E-state index >= 15 is 0 Å². The van der Waals surface area contributed by atoms with Gasteiger partial charge in [-0.05, 0) is 31.9 Å². The fraction of sp³-hybridized carbons (Fsp3) is 0.350. The molecule has 0 bridgehead atoms. The standard InChI is InChI=1S/C20H22N4O2/c1-13-4-5-16-15(3)19(26-18(16)14(13)2)20(25)24-10-8-23(9-11-24)17-12-21-6-7-22-17/h4-7,12H,8-11H2,1-3H3. The van der Waals surface area contributed by atoms with Gasteiger partial charge in [0.25, 0.3) is 5.91 Å². The molecule has 2 aromatic heterocycles. The summed E-state index contributed by atoms with van der Waals surface area (Å²) >= 11 is 0. The Morgan fingerprint density at radius 3 is 2.50 bits per heavy atom. The molecule has 1 saturated heterocycles. The first-order chi connectivity index (χ1) is 12.6. The number of rotatable bonds is 2. The number of amides is 1. The van der Waals surface area contributed by atoms with Gasteiger partial charge in [0.05, 0.1) is 6.20 Å². The van der Waals surface area contributed by atoms with Crippen LogP contribution in [0, 0.1) is 20.8 Å². The van der Waals surface area contributed by atoms with E-state index in [1.807, 2.05) is 24.8 Å². The summed E-state index contributed by atoms with van der Waals surface area (Å²) in [5.41, 5.74) is 4.01. The molecular formula is C20H22N4O2. The summed E-state index contributed by atoms with van der Waals surface area (Å²) in [7, 11) is 0. The lowest BCUT2D eigenvalue weighted by atomic mass is 10.0. The highest BCUT2D eigenvalue weighted by atomic mass is 16.3. The van der Waals surface area contributed by atoms with Gasteiger partial charge in [0.15, 0.2) is 5.76 Å². The predicted octanol–water partition coefficient (Wildman–Crippen LogP) is 3.11. The van der Waals surface area contributed by atoms with Crippen LogP contribution >= 0.6 is 0 Å². The number of aryl methyl sites for hydroxylation is 3. The van der Waals surface area contributed by atoms with E-state index in [-0.39, 0.29) is 5.91 Å². The van der Waals surface area contributed by atoms with Crippen molar-refractivity contribution in [3.05, 3.63) is 53.2 Å². The van der Waals surface area contributed by atoms with Gasteiger partial charge in [-0.3, -0.25) is 9.78 Å². The fourth-order valence-corrected chi connectivity index (χ4v) is 3.46. The molecule has 0 radical (unpaired) electrons. The average molecular weight is 350 g/mol. The number of hydrogen-bond donors (Lipinski definition) is 0. The van der Waals surface area contributed by atoms with Crippen LogP contribution in [-0.4, -0.2) is 47.0 Å². The van der Waals surface area contributed by atoms with Gasteiger partial charge in [0, 0.05) is 49.5 Å². The lowest BCUT2D eigenvalue weighted by molar-refractivity contribution is 0.0716. The Kier molecular flexibility index (Phi) is 4.11. The predicted molar refractivity (Wildman–Crippen MR) is 101 cm³/mol. The van der Waals surface area contributed by atoms with Crippen molar-refractivity contribution in [2.75, 3.05) is 31.1 Å². The summed E-state index contributed by atoms with van der Waals surface area (Å²) in [4.78, 5) is 25.5. The summed E-state index contributed by atoms with van der Waals surface area (Å²) in [6.45, 7) is 8.81. The Morgan fingerprint density at radius 2 is 1.81 bits per heavy atom. The number of hydrogen-bond acceptors (Lipinski definition) is 5. The number of nitrogens with zero attached hydrogens (tertiary/aromatic N) is 4. The molecule has 0 spiro atoms. The molecule has 1 amide bonds. The third kappa shape index (κ3) is 2.71. The van der Waals surface area contributed by atoms with Crippen molar-refractivity contribution in [2.24, 2.45) is 0 Å². The van der Waals surface area contributed by atoms with Gasteiger partial charge in [-0.2, -0.15) is 0 Å². The number of fused-ring (bicyclic) bond motifs is 1. The third-order valence-corrected chi connectivity index (χ3v) is 5.26. The van der Waals surface area contributed by atoms with Crippen LogP contribution in [0.3, 0.4) is 0 Å². The van der Waals surface area contributed by atoms with E-state index < -0.39 is 0 Å². The van der Waals surface area contributed by atoms with Crippen molar-refractivity contribution in [3.8, 4) is 0 Å². The zero-order valence-corrected chi connectivity index (χ0v) is 15.3. The van der Waals surface area contributed by atoms with Crippen molar-refractivity contribution < 1.29 is 9.21 Å². The van der Waals surface area contributed by atoms with E-state index in [9.17, 15) is 4.79 Å².